The Bertz CT molecular complexity index is 1350. The summed E-state index contributed by atoms with van der Waals surface area (Å²) in [6.45, 7) is 2.31. The van der Waals surface area contributed by atoms with Crippen LogP contribution in [0.25, 0.3) is 11.5 Å². The van der Waals surface area contributed by atoms with E-state index in [1.165, 1.54) is 7.11 Å². The molecule has 0 radical (unpaired) electrons. The normalized spacial score (nSPS) is 11.5. The van der Waals surface area contributed by atoms with Crippen molar-refractivity contribution in [2.45, 2.75) is 25.8 Å². The number of methoxy groups -OCH3 is 1. The quantitative estimate of drug-likeness (QED) is 0.272. The van der Waals surface area contributed by atoms with Crippen LogP contribution in [-0.2, 0) is 22.4 Å². The van der Waals surface area contributed by atoms with E-state index in [4.69, 9.17) is 13.9 Å². The Morgan fingerprint density at radius 2 is 1.70 bits per heavy atom. The molecule has 0 aliphatic heterocycles. The van der Waals surface area contributed by atoms with Crippen LogP contribution in [0.15, 0.2) is 83.3 Å². The largest absolute Gasteiger partial charge is 0.493 e. The van der Waals surface area contributed by atoms with Gasteiger partial charge in [-0.2, -0.15) is 0 Å². The summed E-state index contributed by atoms with van der Waals surface area (Å²) in [7, 11) is 1.28. The van der Waals surface area contributed by atoms with E-state index in [1.807, 2.05) is 61.5 Å². The zero-order valence-electron chi connectivity index (χ0n) is 20.6. The molecule has 0 saturated carbocycles. The molecule has 4 rings (SSSR count). The molecule has 8 nitrogen and oxygen atoms in total. The van der Waals surface area contributed by atoms with E-state index in [-0.39, 0.29) is 12.0 Å². The number of hydrogen-bond donors (Lipinski definition) is 2. The Balaban J connectivity index is 1.34. The summed E-state index contributed by atoms with van der Waals surface area (Å²) in [5.74, 6) is 0.458. The summed E-state index contributed by atoms with van der Waals surface area (Å²) in [4.78, 5) is 28.5. The number of nitrogens with one attached hydrogen (secondary N) is 1. The van der Waals surface area contributed by atoms with Crippen molar-refractivity contribution < 1.29 is 28.6 Å². The highest BCUT2D eigenvalue weighted by molar-refractivity contribution is 5.96. The lowest BCUT2D eigenvalue weighted by Crippen LogP contribution is -2.32. The second-order valence-electron chi connectivity index (χ2n) is 8.41. The lowest BCUT2D eigenvalue weighted by molar-refractivity contribution is -0.137. The van der Waals surface area contributed by atoms with E-state index >= 15 is 0 Å². The van der Waals surface area contributed by atoms with Gasteiger partial charge in [-0.15, -0.1) is 0 Å². The standard InChI is InChI=1S/C29H28N2O6/c1-19-24(31-27(37-19)21-8-4-3-5-9-21)16-17-36-22-14-12-20(13-15-22)18-26(28(32)33)30-25-11-7-6-10-23(25)29(34)35-2/h3-15,26,30H,16-18H2,1-2H3,(H,32,33)/t26-/m1/s1. The van der Waals surface area contributed by atoms with E-state index in [1.54, 1.807) is 24.3 Å². The van der Waals surface area contributed by atoms with Gasteiger partial charge in [0.15, 0.2) is 0 Å². The molecule has 0 amide bonds. The van der Waals surface area contributed by atoms with Crippen LogP contribution in [0.1, 0.15) is 27.4 Å². The van der Waals surface area contributed by atoms with Gasteiger partial charge >= 0.3 is 11.9 Å². The minimum absolute atomic E-state index is 0.214. The first-order valence-electron chi connectivity index (χ1n) is 11.8. The third-order valence-corrected chi connectivity index (χ3v) is 5.84. The number of nitrogens with zero attached hydrogens (tertiary/aromatic N) is 1. The fraction of sp³-hybridized carbons (Fsp3) is 0.207. The van der Waals surface area contributed by atoms with Crippen molar-refractivity contribution in [2.75, 3.05) is 19.0 Å². The molecule has 1 atom stereocenters. The lowest BCUT2D eigenvalue weighted by atomic mass is 10.0. The van der Waals surface area contributed by atoms with E-state index in [0.717, 1.165) is 22.6 Å². The predicted molar refractivity (Wildman–Crippen MR) is 139 cm³/mol. The van der Waals surface area contributed by atoms with Crippen molar-refractivity contribution in [1.29, 1.82) is 0 Å². The third-order valence-electron chi connectivity index (χ3n) is 5.84. The number of esters is 1. The number of aromatic nitrogens is 1. The van der Waals surface area contributed by atoms with Crippen molar-refractivity contribution >= 4 is 17.6 Å². The molecule has 0 unspecified atom stereocenters. The Morgan fingerprint density at radius 1 is 1.00 bits per heavy atom. The molecule has 37 heavy (non-hydrogen) atoms. The van der Waals surface area contributed by atoms with Gasteiger partial charge in [0.2, 0.25) is 5.89 Å². The van der Waals surface area contributed by atoms with Gasteiger partial charge in [-0.3, -0.25) is 0 Å². The molecule has 0 aliphatic rings. The number of carbonyl (C=O) groups is 2. The van der Waals surface area contributed by atoms with Crippen molar-refractivity contribution in [3.05, 3.63) is 101 Å². The number of aliphatic carboxylic acids is 1. The monoisotopic (exact) mass is 500 g/mol. The molecule has 1 aromatic heterocycles. The second kappa shape index (κ2) is 11.9. The van der Waals surface area contributed by atoms with Gasteiger partial charge in [0.05, 0.1) is 25.0 Å². The SMILES string of the molecule is COC(=O)c1ccccc1N[C@H](Cc1ccc(OCCc2nc(-c3ccccc3)oc2C)cc1)C(=O)O. The smallest absolute Gasteiger partial charge is 0.339 e. The predicted octanol–water partition coefficient (Wildman–Crippen LogP) is 5.17. The number of rotatable bonds is 11. The zero-order valence-corrected chi connectivity index (χ0v) is 20.6. The first-order valence-corrected chi connectivity index (χ1v) is 11.8. The summed E-state index contributed by atoms with van der Waals surface area (Å²) in [6.07, 6.45) is 0.806. The minimum Gasteiger partial charge on any atom is -0.493 e. The van der Waals surface area contributed by atoms with Crippen molar-refractivity contribution in [3.63, 3.8) is 0 Å². The second-order valence-corrected chi connectivity index (χ2v) is 8.41. The highest BCUT2D eigenvalue weighted by Gasteiger charge is 2.21. The highest BCUT2D eigenvalue weighted by atomic mass is 16.5. The third kappa shape index (κ3) is 6.55. The van der Waals surface area contributed by atoms with Gasteiger partial charge in [-0.05, 0) is 48.9 Å². The molecule has 2 N–H and O–H groups in total. The van der Waals surface area contributed by atoms with Crippen LogP contribution in [-0.4, -0.2) is 41.8 Å². The number of hydrogen-bond acceptors (Lipinski definition) is 7. The number of para-hydroxylation sites is 1. The average Bonchev–Trinajstić information content (AvgIpc) is 3.29. The molecule has 0 saturated heterocycles. The van der Waals surface area contributed by atoms with Gasteiger partial charge in [-0.1, -0.05) is 42.5 Å². The molecule has 3 aromatic carbocycles. The van der Waals surface area contributed by atoms with Crippen LogP contribution in [0.5, 0.6) is 5.75 Å². The van der Waals surface area contributed by atoms with Gasteiger partial charge in [0, 0.05) is 24.1 Å². The first kappa shape index (κ1) is 25.5. The van der Waals surface area contributed by atoms with Crippen LogP contribution in [0.4, 0.5) is 5.69 Å². The lowest BCUT2D eigenvalue weighted by Gasteiger charge is -2.18. The molecule has 0 spiro atoms. The van der Waals surface area contributed by atoms with Crippen LogP contribution in [0, 0.1) is 6.92 Å². The Kier molecular flexibility index (Phi) is 8.20. The number of carboxylic acids is 1. The van der Waals surface area contributed by atoms with Crippen LogP contribution in [0.2, 0.25) is 0 Å². The average molecular weight is 501 g/mol. The Hall–Kier alpha value is -4.59. The van der Waals surface area contributed by atoms with Crippen LogP contribution >= 0.6 is 0 Å². The summed E-state index contributed by atoms with van der Waals surface area (Å²) < 4.78 is 16.5. The van der Waals surface area contributed by atoms with E-state index in [2.05, 4.69) is 10.3 Å². The minimum atomic E-state index is -1.03. The van der Waals surface area contributed by atoms with E-state index < -0.39 is 18.0 Å². The zero-order chi connectivity index (χ0) is 26.2. The molecule has 190 valence electrons. The fourth-order valence-electron chi connectivity index (χ4n) is 3.87. The molecule has 1 heterocycles. The maximum Gasteiger partial charge on any atom is 0.339 e. The van der Waals surface area contributed by atoms with Gasteiger partial charge < -0.3 is 24.3 Å². The molecular weight excluding hydrogens is 472 g/mol. The van der Waals surface area contributed by atoms with Gasteiger partial charge in [0.1, 0.15) is 17.6 Å². The van der Waals surface area contributed by atoms with Gasteiger partial charge in [0.25, 0.3) is 0 Å². The first-order chi connectivity index (χ1) is 17.9. The summed E-state index contributed by atoms with van der Waals surface area (Å²) >= 11 is 0. The summed E-state index contributed by atoms with van der Waals surface area (Å²) in [5, 5.41) is 12.7. The summed E-state index contributed by atoms with van der Waals surface area (Å²) in [6, 6.07) is 22.7. The van der Waals surface area contributed by atoms with E-state index in [9.17, 15) is 14.7 Å². The molecule has 8 heteroatoms. The Morgan fingerprint density at radius 3 is 2.41 bits per heavy atom. The van der Waals surface area contributed by atoms with E-state index in [0.29, 0.717) is 30.4 Å². The number of anilines is 1. The number of ether oxygens (including phenoxy) is 2. The highest BCUT2D eigenvalue weighted by Crippen LogP contribution is 2.23. The van der Waals surface area contributed by atoms with Crippen LogP contribution < -0.4 is 10.1 Å². The molecule has 4 aromatic rings. The topological polar surface area (TPSA) is 111 Å². The molecular formula is C29H28N2O6. The number of carboxylic acid groups (broad SMARTS) is 1. The molecule has 0 fully saturated rings. The number of oxazole rings is 1. The maximum absolute atomic E-state index is 12.0. The van der Waals surface area contributed by atoms with Crippen LogP contribution in [0.3, 0.4) is 0 Å². The number of carbonyl (C=O) groups excluding carboxylic acids is 1. The maximum atomic E-state index is 12.0. The summed E-state index contributed by atoms with van der Waals surface area (Å²) in [5.41, 5.74) is 3.26. The number of benzene rings is 3. The van der Waals surface area contributed by atoms with Gasteiger partial charge in [-0.25, -0.2) is 14.6 Å². The fourth-order valence-corrected chi connectivity index (χ4v) is 3.87. The Labute approximate surface area is 214 Å². The van der Waals surface area contributed by atoms with Crippen molar-refractivity contribution in [1.82, 2.24) is 4.98 Å². The molecule has 0 bridgehead atoms. The van der Waals surface area contributed by atoms with Crippen molar-refractivity contribution in [3.8, 4) is 17.2 Å². The number of aryl methyl sites for hydroxylation is 1. The van der Waals surface area contributed by atoms with Crippen molar-refractivity contribution in [2.24, 2.45) is 0 Å². The molecule has 0 aliphatic carbocycles.